The van der Waals surface area contributed by atoms with Gasteiger partial charge in [-0.2, -0.15) is 0 Å². The van der Waals surface area contributed by atoms with E-state index in [0.717, 1.165) is 19.3 Å². The lowest BCUT2D eigenvalue weighted by molar-refractivity contribution is -0.142. The molecule has 0 aliphatic carbocycles. The van der Waals surface area contributed by atoms with Crippen molar-refractivity contribution in [3.8, 4) is 0 Å². The number of hydrogen-bond acceptors (Lipinski definition) is 3. The van der Waals surface area contributed by atoms with Crippen LogP contribution in [0.1, 0.15) is 33.1 Å². The molecular formula is C10H19NO2. The van der Waals surface area contributed by atoms with Crippen LogP contribution in [-0.4, -0.2) is 25.2 Å². The third-order valence-electron chi connectivity index (χ3n) is 2.48. The highest BCUT2D eigenvalue weighted by molar-refractivity contribution is 5.76. The molecule has 1 fully saturated rings. The van der Waals surface area contributed by atoms with E-state index >= 15 is 0 Å². The first kappa shape index (κ1) is 10.5. The molecule has 1 saturated heterocycles. The molecule has 0 aromatic heterocycles. The van der Waals surface area contributed by atoms with Crippen LogP contribution in [0, 0.1) is 5.92 Å². The number of methoxy groups -OCH3 is 1. The van der Waals surface area contributed by atoms with Gasteiger partial charge in [0.15, 0.2) is 0 Å². The van der Waals surface area contributed by atoms with Gasteiger partial charge in [-0.1, -0.05) is 13.8 Å². The van der Waals surface area contributed by atoms with Gasteiger partial charge in [0.25, 0.3) is 0 Å². The lowest BCUT2D eigenvalue weighted by Crippen LogP contribution is -2.36. The fourth-order valence-electron chi connectivity index (χ4n) is 1.90. The number of nitrogens with one attached hydrogen (secondary N) is 1. The van der Waals surface area contributed by atoms with Gasteiger partial charge in [0.1, 0.15) is 6.04 Å². The lowest BCUT2D eigenvalue weighted by Gasteiger charge is -2.14. The topological polar surface area (TPSA) is 38.3 Å². The van der Waals surface area contributed by atoms with E-state index < -0.39 is 0 Å². The molecule has 3 heteroatoms. The van der Waals surface area contributed by atoms with Gasteiger partial charge in [-0.3, -0.25) is 4.79 Å². The van der Waals surface area contributed by atoms with E-state index in [4.69, 9.17) is 0 Å². The molecule has 2 atom stereocenters. The number of carbonyl (C=O) groups excluding carboxylic acids is 1. The average Bonchev–Trinajstić information content (AvgIpc) is 2.50. The number of rotatable bonds is 3. The zero-order valence-electron chi connectivity index (χ0n) is 8.67. The third-order valence-corrected chi connectivity index (χ3v) is 2.48. The molecule has 1 N–H and O–H groups in total. The SMILES string of the molecule is COC(=O)[C@@H]1CC[C@H](CC(C)C)N1. The van der Waals surface area contributed by atoms with Gasteiger partial charge in [-0.05, 0) is 25.2 Å². The Morgan fingerprint density at radius 3 is 2.77 bits per heavy atom. The predicted molar refractivity (Wildman–Crippen MR) is 51.4 cm³/mol. The summed E-state index contributed by atoms with van der Waals surface area (Å²) in [5.41, 5.74) is 0. The maximum atomic E-state index is 11.2. The molecule has 0 aromatic carbocycles. The second kappa shape index (κ2) is 4.61. The van der Waals surface area contributed by atoms with Gasteiger partial charge in [-0.25, -0.2) is 0 Å². The van der Waals surface area contributed by atoms with Crippen molar-refractivity contribution in [3.63, 3.8) is 0 Å². The Balaban J connectivity index is 2.32. The van der Waals surface area contributed by atoms with Crippen LogP contribution in [0.25, 0.3) is 0 Å². The van der Waals surface area contributed by atoms with E-state index in [-0.39, 0.29) is 12.0 Å². The molecule has 0 bridgehead atoms. The first-order valence-electron chi connectivity index (χ1n) is 4.97. The molecule has 1 aliphatic rings. The summed E-state index contributed by atoms with van der Waals surface area (Å²) in [4.78, 5) is 11.2. The molecule has 0 spiro atoms. The van der Waals surface area contributed by atoms with E-state index in [1.165, 1.54) is 7.11 Å². The minimum atomic E-state index is -0.119. The highest BCUT2D eigenvalue weighted by Gasteiger charge is 2.29. The van der Waals surface area contributed by atoms with E-state index in [1.807, 2.05) is 0 Å². The Morgan fingerprint density at radius 1 is 1.54 bits per heavy atom. The van der Waals surface area contributed by atoms with E-state index in [1.54, 1.807) is 0 Å². The molecule has 0 amide bonds. The normalized spacial score (nSPS) is 28.0. The Morgan fingerprint density at radius 2 is 2.23 bits per heavy atom. The van der Waals surface area contributed by atoms with Gasteiger partial charge >= 0.3 is 5.97 Å². The van der Waals surface area contributed by atoms with Crippen molar-refractivity contribution in [1.29, 1.82) is 0 Å². The van der Waals surface area contributed by atoms with Crippen molar-refractivity contribution in [2.75, 3.05) is 7.11 Å². The molecule has 0 saturated carbocycles. The standard InChI is InChI=1S/C10H19NO2/c1-7(2)6-8-4-5-9(11-8)10(12)13-3/h7-9,11H,4-6H2,1-3H3/t8-,9+/m1/s1. The monoisotopic (exact) mass is 185 g/mol. The summed E-state index contributed by atoms with van der Waals surface area (Å²) in [5, 5.41) is 3.30. The number of esters is 1. The zero-order valence-corrected chi connectivity index (χ0v) is 8.67. The van der Waals surface area contributed by atoms with Crippen LogP contribution < -0.4 is 5.32 Å². The number of ether oxygens (including phenoxy) is 1. The van der Waals surface area contributed by atoms with Crippen molar-refractivity contribution in [1.82, 2.24) is 5.32 Å². The van der Waals surface area contributed by atoms with Crippen LogP contribution in [0.5, 0.6) is 0 Å². The Hall–Kier alpha value is -0.570. The smallest absolute Gasteiger partial charge is 0.322 e. The molecule has 13 heavy (non-hydrogen) atoms. The Labute approximate surface area is 79.8 Å². The largest absolute Gasteiger partial charge is 0.468 e. The molecule has 3 nitrogen and oxygen atoms in total. The van der Waals surface area contributed by atoms with Crippen LogP contribution in [-0.2, 0) is 9.53 Å². The van der Waals surface area contributed by atoms with Crippen molar-refractivity contribution < 1.29 is 9.53 Å². The molecule has 76 valence electrons. The van der Waals surface area contributed by atoms with Crippen LogP contribution in [0.2, 0.25) is 0 Å². The molecule has 0 aromatic rings. The van der Waals surface area contributed by atoms with Crippen molar-refractivity contribution in [2.24, 2.45) is 5.92 Å². The molecule has 1 aliphatic heterocycles. The molecular weight excluding hydrogens is 166 g/mol. The summed E-state index contributed by atoms with van der Waals surface area (Å²) in [6.07, 6.45) is 3.16. The summed E-state index contributed by atoms with van der Waals surface area (Å²) in [7, 11) is 1.44. The van der Waals surface area contributed by atoms with Gasteiger partial charge in [0.2, 0.25) is 0 Å². The summed E-state index contributed by atoms with van der Waals surface area (Å²) >= 11 is 0. The van der Waals surface area contributed by atoms with Gasteiger partial charge in [-0.15, -0.1) is 0 Å². The maximum absolute atomic E-state index is 11.2. The molecule has 1 rings (SSSR count). The zero-order chi connectivity index (χ0) is 9.84. The summed E-state index contributed by atoms with van der Waals surface area (Å²) in [5.74, 6) is 0.570. The van der Waals surface area contributed by atoms with Crippen molar-refractivity contribution in [3.05, 3.63) is 0 Å². The van der Waals surface area contributed by atoms with E-state index in [2.05, 4.69) is 23.9 Å². The minimum Gasteiger partial charge on any atom is -0.468 e. The fraction of sp³-hybridized carbons (Fsp3) is 0.900. The van der Waals surface area contributed by atoms with Crippen molar-refractivity contribution in [2.45, 2.75) is 45.2 Å². The Kier molecular flexibility index (Phi) is 3.72. The highest BCUT2D eigenvalue weighted by Crippen LogP contribution is 2.19. The van der Waals surface area contributed by atoms with Crippen LogP contribution in [0.4, 0.5) is 0 Å². The summed E-state index contributed by atoms with van der Waals surface area (Å²) < 4.78 is 4.69. The minimum absolute atomic E-state index is 0.0613. The second-order valence-electron chi connectivity index (χ2n) is 4.15. The average molecular weight is 185 g/mol. The number of hydrogen-bond donors (Lipinski definition) is 1. The van der Waals surface area contributed by atoms with Crippen LogP contribution in [0.3, 0.4) is 0 Å². The first-order chi connectivity index (χ1) is 6.13. The molecule has 1 heterocycles. The summed E-state index contributed by atoms with van der Waals surface area (Å²) in [6, 6.07) is 0.442. The predicted octanol–water partition coefficient (Wildman–Crippen LogP) is 1.33. The van der Waals surface area contributed by atoms with E-state index in [0.29, 0.717) is 12.0 Å². The van der Waals surface area contributed by atoms with Crippen molar-refractivity contribution >= 4 is 5.97 Å². The summed E-state index contributed by atoms with van der Waals surface area (Å²) in [6.45, 7) is 4.40. The van der Waals surface area contributed by atoms with Crippen LogP contribution in [0.15, 0.2) is 0 Å². The highest BCUT2D eigenvalue weighted by atomic mass is 16.5. The maximum Gasteiger partial charge on any atom is 0.322 e. The van der Waals surface area contributed by atoms with Gasteiger partial charge in [0.05, 0.1) is 7.11 Å². The second-order valence-corrected chi connectivity index (χ2v) is 4.15. The van der Waals surface area contributed by atoms with Gasteiger partial charge < -0.3 is 10.1 Å². The van der Waals surface area contributed by atoms with E-state index in [9.17, 15) is 4.79 Å². The molecule has 0 unspecified atom stereocenters. The quantitative estimate of drug-likeness (QED) is 0.674. The fourth-order valence-corrected chi connectivity index (χ4v) is 1.90. The molecule has 0 radical (unpaired) electrons. The first-order valence-corrected chi connectivity index (χ1v) is 4.97. The number of carbonyl (C=O) groups is 1. The van der Waals surface area contributed by atoms with Gasteiger partial charge in [0, 0.05) is 6.04 Å². The third kappa shape index (κ3) is 2.99. The van der Waals surface area contributed by atoms with Crippen LogP contribution >= 0.6 is 0 Å². The lowest BCUT2D eigenvalue weighted by atomic mass is 10.0. The Bertz CT molecular complexity index is 180.